The summed E-state index contributed by atoms with van der Waals surface area (Å²) in [5.74, 6) is 0. The molecule has 0 saturated carbocycles. The van der Waals surface area contributed by atoms with Gasteiger partial charge in [0.2, 0.25) is 5.66 Å². The van der Waals surface area contributed by atoms with Gasteiger partial charge in [-0.3, -0.25) is 4.98 Å². The Labute approximate surface area is 94.7 Å². The van der Waals surface area contributed by atoms with E-state index in [1.54, 1.807) is 0 Å². The predicted octanol–water partition coefficient (Wildman–Crippen LogP) is 0.185. The van der Waals surface area contributed by atoms with Crippen LogP contribution in [-0.2, 0) is 11.3 Å². The van der Waals surface area contributed by atoms with Gasteiger partial charge in [-0.05, 0) is 13.0 Å². The number of nitrogens with one attached hydrogen (secondary N) is 4. The van der Waals surface area contributed by atoms with E-state index in [0.717, 1.165) is 0 Å². The van der Waals surface area contributed by atoms with E-state index in [4.69, 9.17) is 0 Å². The molecule has 0 spiro atoms. The quantitative estimate of drug-likeness (QED) is 0.557. The van der Waals surface area contributed by atoms with Crippen molar-refractivity contribution in [3.05, 3.63) is 29.6 Å². The van der Waals surface area contributed by atoms with Gasteiger partial charge in [0, 0.05) is 23.5 Å². The van der Waals surface area contributed by atoms with Crippen LogP contribution in [0.3, 0.4) is 0 Å². The Morgan fingerprint density at radius 1 is 1.06 bits per heavy atom. The molecule has 1 aromatic rings. The van der Waals surface area contributed by atoms with Crippen LogP contribution in [0.4, 0.5) is 13.2 Å². The minimum absolute atomic E-state index is 0.0548. The van der Waals surface area contributed by atoms with E-state index in [1.165, 1.54) is 18.5 Å². The molecule has 0 radical (unpaired) electrons. The maximum absolute atomic E-state index is 12.8. The van der Waals surface area contributed by atoms with E-state index in [0.29, 0.717) is 5.56 Å². The number of alkyl halides is 3. The third-order valence-electron chi connectivity index (χ3n) is 3.05. The molecule has 0 aliphatic carbocycles. The van der Waals surface area contributed by atoms with E-state index in [-0.39, 0.29) is 5.56 Å². The number of aromatic nitrogens is 1. The molecule has 2 fully saturated rings. The molecular weight excluding hydrogens is 235 g/mol. The molecule has 3 heterocycles. The Kier molecular flexibility index (Phi) is 1.90. The van der Waals surface area contributed by atoms with Crippen molar-refractivity contribution in [1.29, 1.82) is 0 Å². The number of hydrogen-bond donors (Lipinski definition) is 4. The lowest BCUT2D eigenvalue weighted by Gasteiger charge is -2.17. The molecular formula is C9H10F3N5. The number of nitrogens with zero attached hydrogens (tertiary/aromatic N) is 1. The number of hydrazine groups is 2. The normalized spacial score (nSPS) is 24.5. The molecule has 0 amide bonds. The van der Waals surface area contributed by atoms with Gasteiger partial charge in [0.15, 0.2) is 0 Å². The summed E-state index contributed by atoms with van der Waals surface area (Å²) in [7, 11) is 0. The first kappa shape index (κ1) is 10.9. The lowest BCUT2D eigenvalue weighted by atomic mass is 10.0. The Morgan fingerprint density at radius 3 is 2.12 bits per heavy atom. The van der Waals surface area contributed by atoms with Crippen LogP contribution in [0.25, 0.3) is 0 Å². The minimum atomic E-state index is -4.40. The molecule has 2 aliphatic rings. The summed E-state index contributed by atoms with van der Waals surface area (Å²) in [5.41, 5.74) is 8.08. The fourth-order valence-electron chi connectivity index (χ4n) is 1.67. The molecule has 0 aromatic carbocycles. The first-order chi connectivity index (χ1) is 7.87. The standard InChI is InChI=1S/C9H10F3N5/c1-7(14-15-7)5-2-6(4-13-3-5)8(16-17-8)9(10,11)12/h2-4,14-17H,1H3. The van der Waals surface area contributed by atoms with Crippen LogP contribution in [-0.4, -0.2) is 11.2 Å². The maximum Gasteiger partial charge on any atom is 0.426 e. The second kappa shape index (κ2) is 2.96. The van der Waals surface area contributed by atoms with Gasteiger partial charge < -0.3 is 0 Å². The minimum Gasteiger partial charge on any atom is -0.264 e. The second-order valence-electron chi connectivity index (χ2n) is 4.34. The van der Waals surface area contributed by atoms with Crippen molar-refractivity contribution in [3.8, 4) is 0 Å². The maximum atomic E-state index is 12.8. The van der Waals surface area contributed by atoms with Crippen molar-refractivity contribution in [3.63, 3.8) is 0 Å². The summed E-state index contributed by atoms with van der Waals surface area (Å²) in [6.45, 7) is 1.82. The van der Waals surface area contributed by atoms with Crippen molar-refractivity contribution in [1.82, 2.24) is 26.7 Å². The summed E-state index contributed by atoms with van der Waals surface area (Å²) in [4.78, 5) is 3.85. The Bertz CT molecular complexity index is 464. The molecule has 1 aromatic heterocycles. The fourth-order valence-corrected chi connectivity index (χ4v) is 1.67. The van der Waals surface area contributed by atoms with Crippen molar-refractivity contribution in [2.24, 2.45) is 0 Å². The molecule has 2 aliphatic heterocycles. The van der Waals surface area contributed by atoms with Gasteiger partial charge in [0.1, 0.15) is 5.66 Å². The molecule has 5 nitrogen and oxygen atoms in total. The summed E-state index contributed by atoms with van der Waals surface area (Å²) < 4.78 is 38.5. The molecule has 17 heavy (non-hydrogen) atoms. The van der Waals surface area contributed by atoms with Gasteiger partial charge in [0.25, 0.3) is 0 Å². The first-order valence-corrected chi connectivity index (χ1v) is 4.99. The molecule has 3 rings (SSSR count). The SMILES string of the molecule is CC1(c2cncc(C3(C(F)(F)F)NN3)c2)NN1. The molecule has 8 heteroatoms. The van der Waals surface area contributed by atoms with Crippen molar-refractivity contribution < 1.29 is 13.2 Å². The van der Waals surface area contributed by atoms with E-state index < -0.39 is 17.5 Å². The summed E-state index contributed by atoms with van der Waals surface area (Å²) in [6.07, 6.45) is -1.67. The zero-order valence-electron chi connectivity index (χ0n) is 8.81. The molecule has 2 saturated heterocycles. The smallest absolute Gasteiger partial charge is 0.264 e. The Balaban J connectivity index is 2.00. The van der Waals surface area contributed by atoms with Gasteiger partial charge in [-0.1, -0.05) is 0 Å². The number of halogens is 3. The number of pyridine rings is 1. The molecule has 4 N–H and O–H groups in total. The molecule has 0 atom stereocenters. The first-order valence-electron chi connectivity index (χ1n) is 4.99. The highest BCUT2D eigenvalue weighted by molar-refractivity contribution is 5.34. The van der Waals surface area contributed by atoms with E-state index in [2.05, 4.69) is 26.7 Å². The van der Waals surface area contributed by atoms with Gasteiger partial charge in [-0.15, -0.1) is 0 Å². The monoisotopic (exact) mass is 245 g/mol. The lowest BCUT2D eigenvalue weighted by Crippen LogP contribution is -2.35. The topological polar surface area (TPSA) is 101 Å². The average Bonchev–Trinajstić information content (AvgIpc) is 3.10. The summed E-state index contributed by atoms with van der Waals surface area (Å²) in [6, 6.07) is 1.47. The van der Waals surface area contributed by atoms with Crippen LogP contribution >= 0.6 is 0 Å². The van der Waals surface area contributed by atoms with Crippen LogP contribution in [0.5, 0.6) is 0 Å². The van der Waals surface area contributed by atoms with E-state index in [1.807, 2.05) is 6.92 Å². The average molecular weight is 245 g/mol. The largest absolute Gasteiger partial charge is 0.426 e. The van der Waals surface area contributed by atoms with E-state index >= 15 is 0 Å². The fraction of sp³-hybridized carbons (Fsp3) is 0.444. The van der Waals surface area contributed by atoms with Crippen LogP contribution in [0, 0.1) is 0 Å². The second-order valence-corrected chi connectivity index (χ2v) is 4.34. The highest BCUT2D eigenvalue weighted by atomic mass is 19.4. The van der Waals surface area contributed by atoms with Gasteiger partial charge in [0.05, 0.1) is 0 Å². The lowest BCUT2D eigenvalue weighted by molar-refractivity contribution is -0.165. The van der Waals surface area contributed by atoms with Gasteiger partial charge in [-0.25, -0.2) is 21.7 Å². The number of hydrogen-bond acceptors (Lipinski definition) is 5. The summed E-state index contributed by atoms with van der Waals surface area (Å²) in [5, 5.41) is 0. The van der Waals surface area contributed by atoms with Crippen molar-refractivity contribution >= 4 is 0 Å². The molecule has 92 valence electrons. The molecule has 0 bridgehead atoms. The van der Waals surface area contributed by atoms with Crippen molar-refractivity contribution in [2.75, 3.05) is 0 Å². The highest BCUT2D eigenvalue weighted by Gasteiger charge is 2.65. The Hall–Kier alpha value is -1.22. The van der Waals surface area contributed by atoms with Crippen LogP contribution in [0.15, 0.2) is 18.5 Å². The number of rotatable bonds is 2. The summed E-state index contributed by atoms with van der Waals surface area (Å²) >= 11 is 0. The van der Waals surface area contributed by atoms with Crippen LogP contribution < -0.4 is 21.7 Å². The zero-order chi connectivity index (χ0) is 12.3. The van der Waals surface area contributed by atoms with Crippen LogP contribution in [0.1, 0.15) is 18.1 Å². The third kappa shape index (κ3) is 1.53. The van der Waals surface area contributed by atoms with Gasteiger partial charge in [-0.2, -0.15) is 13.2 Å². The third-order valence-corrected chi connectivity index (χ3v) is 3.05. The van der Waals surface area contributed by atoms with Crippen LogP contribution in [0.2, 0.25) is 0 Å². The van der Waals surface area contributed by atoms with E-state index in [9.17, 15) is 13.2 Å². The molecule has 0 unspecified atom stereocenters. The van der Waals surface area contributed by atoms with Gasteiger partial charge >= 0.3 is 6.18 Å². The zero-order valence-corrected chi connectivity index (χ0v) is 8.81. The predicted molar refractivity (Wildman–Crippen MR) is 51.9 cm³/mol. The highest BCUT2D eigenvalue weighted by Crippen LogP contribution is 2.42. The Morgan fingerprint density at radius 2 is 1.65 bits per heavy atom. The van der Waals surface area contributed by atoms with Crippen molar-refractivity contribution in [2.45, 2.75) is 24.4 Å².